The van der Waals surface area contributed by atoms with Gasteiger partial charge in [0.1, 0.15) is 5.82 Å². The van der Waals surface area contributed by atoms with Crippen LogP contribution in [0.4, 0.5) is 0 Å². The Morgan fingerprint density at radius 2 is 1.89 bits per heavy atom. The number of carboxylic acids is 1. The van der Waals surface area contributed by atoms with Crippen LogP contribution in [-0.4, -0.2) is 31.6 Å². The molecule has 1 aromatic heterocycles. The first kappa shape index (κ1) is 14.4. The topological polar surface area (TPSA) is 68.0 Å². The number of nitrogens with zero attached hydrogens (tertiary/aromatic N) is 3. The quantitative estimate of drug-likeness (QED) is 0.841. The molecule has 5 nitrogen and oxygen atoms in total. The van der Waals surface area contributed by atoms with Crippen molar-refractivity contribution in [2.75, 3.05) is 5.75 Å². The van der Waals surface area contributed by atoms with Crippen LogP contribution in [0.3, 0.4) is 0 Å². The highest BCUT2D eigenvalue weighted by molar-refractivity contribution is 7.99. The van der Waals surface area contributed by atoms with Crippen molar-refractivity contribution in [3.63, 3.8) is 0 Å². The lowest BCUT2D eigenvalue weighted by atomic mass is 10.0. The molecule has 1 N–H and O–H groups in total. The zero-order valence-electron chi connectivity index (χ0n) is 12.1. The third-order valence-corrected chi connectivity index (χ3v) is 5.62. The Hall–Kier alpha value is -1.04. The molecule has 19 heavy (non-hydrogen) atoms. The van der Waals surface area contributed by atoms with Gasteiger partial charge < -0.3 is 9.67 Å². The summed E-state index contributed by atoms with van der Waals surface area (Å²) in [6.45, 7) is 11.8. The largest absolute Gasteiger partial charge is 0.481 e. The Morgan fingerprint density at radius 3 is 2.32 bits per heavy atom. The van der Waals surface area contributed by atoms with E-state index in [1.54, 1.807) is 0 Å². The van der Waals surface area contributed by atoms with Crippen molar-refractivity contribution < 1.29 is 9.90 Å². The normalized spacial score (nSPS) is 20.5. The molecule has 1 fully saturated rings. The van der Waals surface area contributed by atoms with Crippen LogP contribution in [0.2, 0.25) is 0 Å². The number of rotatable bonds is 5. The molecule has 0 spiro atoms. The number of carbonyl (C=O) groups is 1. The van der Waals surface area contributed by atoms with Gasteiger partial charge in [-0.1, -0.05) is 39.5 Å². The van der Waals surface area contributed by atoms with Gasteiger partial charge in [-0.15, -0.1) is 10.2 Å². The third kappa shape index (κ3) is 2.16. The number of hydrogen-bond acceptors (Lipinski definition) is 4. The van der Waals surface area contributed by atoms with Gasteiger partial charge in [-0.25, -0.2) is 0 Å². The Balaban J connectivity index is 2.27. The van der Waals surface area contributed by atoms with Gasteiger partial charge in [0.15, 0.2) is 5.16 Å². The molecular weight excluding hydrogens is 262 g/mol. The van der Waals surface area contributed by atoms with Gasteiger partial charge in [-0.2, -0.15) is 0 Å². The van der Waals surface area contributed by atoms with Gasteiger partial charge in [0.2, 0.25) is 0 Å². The molecule has 0 amide bonds. The van der Waals surface area contributed by atoms with Gasteiger partial charge >= 0.3 is 5.97 Å². The molecule has 0 saturated heterocycles. The summed E-state index contributed by atoms with van der Waals surface area (Å²) < 4.78 is 2.05. The molecule has 0 radical (unpaired) electrons. The fourth-order valence-corrected chi connectivity index (χ4v) is 3.62. The lowest BCUT2D eigenvalue weighted by Crippen LogP contribution is -2.06. The molecule has 1 heterocycles. The van der Waals surface area contributed by atoms with Gasteiger partial charge in [-0.3, -0.25) is 4.79 Å². The number of aliphatic carboxylic acids is 1. The van der Waals surface area contributed by atoms with Crippen LogP contribution < -0.4 is 0 Å². The third-order valence-electron chi connectivity index (χ3n) is 4.67. The molecule has 1 aliphatic rings. The van der Waals surface area contributed by atoms with Crippen LogP contribution in [0.1, 0.15) is 46.4 Å². The number of hydrogen-bond donors (Lipinski definition) is 1. The van der Waals surface area contributed by atoms with E-state index in [9.17, 15) is 4.79 Å². The average Bonchev–Trinajstić information content (AvgIpc) is 2.63. The van der Waals surface area contributed by atoms with E-state index in [0.29, 0.717) is 11.1 Å². The minimum atomic E-state index is -0.829. The lowest BCUT2D eigenvalue weighted by Gasteiger charge is -2.07. The van der Waals surface area contributed by atoms with E-state index in [0.717, 1.165) is 12.4 Å². The SMILES string of the molecule is CCn1c(SCC(=O)O)nnc1C1C(C)(C)C1(C)C. The molecule has 106 valence electrons. The standard InChI is InChI=1S/C13H21N3O2S/c1-6-16-10(9-12(2,3)13(9,4)5)14-15-11(16)19-7-8(17)18/h9H,6-7H2,1-5H3,(H,17,18). The second kappa shape index (κ2) is 4.51. The average molecular weight is 283 g/mol. The number of thioether (sulfide) groups is 1. The molecule has 6 heteroatoms. The Labute approximate surface area is 117 Å². The maximum absolute atomic E-state index is 10.7. The van der Waals surface area contributed by atoms with E-state index >= 15 is 0 Å². The first-order chi connectivity index (χ1) is 8.73. The second-order valence-corrected chi connectivity index (χ2v) is 7.09. The summed E-state index contributed by atoms with van der Waals surface area (Å²) in [5.74, 6) is 0.566. The minimum Gasteiger partial charge on any atom is -0.481 e. The molecule has 0 unspecified atom stereocenters. The van der Waals surface area contributed by atoms with Gasteiger partial charge in [0, 0.05) is 12.5 Å². The van der Waals surface area contributed by atoms with E-state index in [-0.39, 0.29) is 16.6 Å². The van der Waals surface area contributed by atoms with Crippen molar-refractivity contribution in [2.45, 2.75) is 52.2 Å². The summed E-state index contributed by atoms with van der Waals surface area (Å²) in [6.07, 6.45) is 0. The number of aromatic nitrogens is 3. The molecule has 1 saturated carbocycles. The van der Waals surface area contributed by atoms with Gasteiger partial charge in [-0.05, 0) is 17.8 Å². The maximum Gasteiger partial charge on any atom is 0.313 e. The zero-order valence-corrected chi connectivity index (χ0v) is 12.9. The zero-order chi connectivity index (χ0) is 14.4. The van der Waals surface area contributed by atoms with Crippen molar-refractivity contribution in [1.29, 1.82) is 0 Å². The van der Waals surface area contributed by atoms with Crippen molar-refractivity contribution in [3.05, 3.63) is 5.82 Å². The highest BCUT2D eigenvalue weighted by Crippen LogP contribution is 2.73. The van der Waals surface area contributed by atoms with Crippen molar-refractivity contribution in [1.82, 2.24) is 14.8 Å². The number of carboxylic acid groups (broad SMARTS) is 1. The summed E-state index contributed by atoms with van der Waals surface area (Å²) in [5.41, 5.74) is 0.420. The van der Waals surface area contributed by atoms with Crippen LogP contribution in [0.25, 0.3) is 0 Å². The summed E-state index contributed by atoms with van der Waals surface area (Å²) in [4.78, 5) is 10.7. The Morgan fingerprint density at radius 1 is 1.32 bits per heavy atom. The van der Waals surface area contributed by atoms with Gasteiger partial charge in [0.05, 0.1) is 5.75 Å². The van der Waals surface area contributed by atoms with E-state index in [1.807, 2.05) is 6.92 Å². The molecule has 0 atom stereocenters. The van der Waals surface area contributed by atoms with Crippen LogP contribution >= 0.6 is 11.8 Å². The fourth-order valence-electron chi connectivity index (χ4n) is 2.89. The minimum absolute atomic E-state index is 0.0234. The van der Waals surface area contributed by atoms with Crippen molar-refractivity contribution in [2.24, 2.45) is 10.8 Å². The molecule has 1 aromatic rings. The molecule has 2 rings (SSSR count). The summed E-state index contributed by atoms with van der Waals surface area (Å²) in [7, 11) is 0. The van der Waals surface area contributed by atoms with Crippen LogP contribution in [0, 0.1) is 10.8 Å². The summed E-state index contributed by atoms with van der Waals surface area (Å²) >= 11 is 1.24. The lowest BCUT2D eigenvalue weighted by molar-refractivity contribution is -0.133. The van der Waals surface area contributed by atoms with E-state index in [1.165, 1.54) is 11.8 Å². The second-order valence-electron chi connectivity index (χ2n) is 6.14. The smallest absolute Gasteiger partial charge is 0.313 e. The van der Waals surface area contributed by atoms with Crippen molar-refractivity contribution in [3.8, 4) is 0 Å². The fraction of sp³-hybridized carbons (Fsp3) is 0.769. The molecule has 0 bridgehead atoms. The van der Waals surface area contributed by atoms with Gasteiger partial charge in [0.25, 0.3) is 0 Å². The van der Waals surface area contributed by atoms with E-state index in [2.05, 4.69) is 42.5 Å². The van der Waals surface area contributed by atoms with Crippen molar-refractivity contribution >= 4 is 17.7 Å². The predicted molar refractivity (Wildman–Crippen MR) is 74.4 cm³/mol. The summed E-state index contributed by atoms with van der Waals surface area (Å²) in [5, 5.41) is 17.9. The van der Waals surface area contributed by atoms with Crippen LogP contribution in [0.15, 0.2) is 5.16 Å². The molecular formula is C13H21N3O2S. The predicted octanol–water partition coefficient (Wildman–Crippen LogP) is 2.62. The van der Waals surface area contributed by atoms with E-state index < -0.39 is 5.97 Å². The summed E-state index contributed by atoms with van der Waals surface area (Å²) in [6, 6.07) is 0. The maximum atomic E-state index is 10.7. The molecule has 0 aromatic carbocycles. The Kier molecular flexibility index (Phi) is 3.41. The molecule has 0 aliphatic heterocycles. The highest BCUT2D eigenvalue weighted by atomic mass is 32.2. The Bertz CT molecular complexity index is 494. The van der Waals surface area contributed by atoms with Crippen LogP contribution in [0.5, 0.6) is 0 Å². The highest BCUT2D eigenvalue weighted by Gasteiger charge is 2.67. The first-order valence-electron chi connectivity index (χ1n) is 6.51. The first-order valence-corrected chi connectivity index (χ1v) is 7.49. The van der Waals surface area contributed by atoms with E-state index in [4.69, 9.17) is 5.11 Å². The van der Waals surface area contributed by atoms with Crippen LogP contribution in [-0.2, 0) is 11.3 Å². The monoisotopic (exact) mass is 283 g/mol. The molecule has 1 aliphatic carbocycles.